The van der Waals surface area contributed by atoms with Crippen LogP contribution in [0.4, 0.5) is 0 Å². The Morgan fingerprint density at radius 3 is 2.08 bits per heavy atom. The molecule has 0 saturated carbocycles. The van der Waals surface area contributed by atoms with Crippen LogP contribution in [-0.2, 0) is 5.41 Å². The molecule has 1 heteroatoms. The lowest BCUT2D eigenvalue weighted by molar-refractivity contribution is 0.660. The van der Waals surface area contributed by atoms with Crippen LogP contribution in [0.3, 0.4) is 0 Å². The number of rotatable bonds is 2. The monoisotopic (exact) mass is 485 g/mol. The topological polar surface area (TPSA) is 4.93 Å². The maximum absolute atomic E-state index is 2.42. The van der Waals surface area contributed by atoms with Gasteiger partial charge in [0.2, 0.25) is 0 Å². The molecule has 0 bridgehead atoms. The Hall–Kier alpha value is -4.62. The van der Waals surface area contributed by atoms with Gasteiger partial charge in [-0.15, -0.1) is 0 Å². The summed E-state index contributed by atoms with van der Waals surface area (Å²) >= 11 is 0. The van der Waals surface area contributed by atoms with E-state index in [2.05, 4.69) is 146 Å². The van der Waals surface area contributed by atoms with E-state index >= 15 is 0 Å². The molecular weight excluding hydrogens is 458 g/mol. The van der Waals surface area contributed by atoms with E-state index in [1.807, 2.05) is 0 Å². The molecule has 0 saturated heterocycles. The van der Waals surface area contributed by atoms with Gasteiger partial charge in [0, 0.05) is 21.9 Å². The summed E-state index contributed by atoms with van der Waals surface area (Å²) in [6.45, 7) is 4.70. The maximum atomic E-state index is 2.42. The van der Waals surface area contributed by atoms with Gasteiger partial charge in [-0.05, 0) is 80.6 Å². The molecule has 8 rings (SSSR count). The summed E-state index contributed by atoms with van der Waals surface area (Å²) in [7, 11) is 0. The molecule has 38 heavy (non-hydrogen) atoms. The third kappa shape index (κ3) is 2.93. The Labute approximate surface area is 222 Å². The normalized spacial score (nSPS) is 13.7. The number of para-hydroxylation sites is 1. The molecule has 0 atom stereocenters. The first-order valence-electron chi connectivity index (χ1n) is 13.4. The zero-order valence-corrected chi connectivity index (χ0v) is 21.6. The molecule has 0 fully saturated rings. The molecule has 180 valence electrons. The highest BCUT2D eigenvalue weighted by Crippen LogP contribution is 2.49. The lowest BCUT2D eigenvalue weighted by Gasteiger charge is -2.22. The second-order valence-electron chi connectivity index (χ2n) is 11.0. The van der Waals surface area contributed by atoms with Gasteiger partial charge in [-0.2, -0.15) is 0 Å². The number of benzene rings is 6. The van der Waals surface area contributed by atoms with Crippen LogP contribution in [0, 0.1) is 0 Å². The van der Waals surface area contributed by atoms with Crippen molar-refractivity contribution < 1.29 is 0 Å². The van der Waals surface area contributed by atoms with E-state index in [-0.39, 0.29) is 5.41 Å². The fourth-order valence-electron chi connectivity index (χ4n) is 6.63. The van der Waals surface area contributed by atoms with E-state index in [0.29, 0.717) is 0 Å². The molecule has 0 radical (unpaired) electrons. The van der Waals surface area contributed by atoms with Crippen molar-refractivity contribution in [2.24, 2.45) is 0 Å². The summed E-state index contributed by atoms with van der Waals surface area (Å²) in [5.41, 5.74) is 11.8. The van der Waals surface area contributed by atoms with E-state index in [4.69, 9.17) is 0 Å². The van der Waals surface area contributed by atoms with Crippen molar-refractivity contribution in [1.82, 2.24) is 4.57 Å². The zero-order chi connectivity index (χ0) is 25.4. The quantitative estimate of drug-likeness (QED) is 0.230. The molecule has 0 spiro atoms. The molecule has 1 nitrogen and oxygen atoms in total. The Bertz CT molecular complexity index is 2050. The molecule has 7 aromatic rings. The number of nitrogens with zero attached hydrogens (tertiary/aromatic N) is 1. The minimum atomic E-state index is -0.00184. The summed E-state index contributed by atoms with van der Waals surface area (Å²) in [5.74, 6) is 0. The summed E-state index contributed by atoms with van der Waals surface area (Å²) in [4.78, 5) is 0. The largest absolute Gasteiger partial charge is 0.309 e. The average molecular weight is 486 g/mol. The predicted octanol–water partition coefficient (Wildman–Crippen LogP) is 9.91. The smallest absolute Gasteiger partial charge is 0.0541 e. The Morgan fingerprint density at radius 1 is 0.474 bits per heavy atom. The van der Waals surface area contributed by atoms with Crippen LogP contribution in [0.25, 0.3) is 60.5 Å². The molecule has 0 aliphatic heterocycles. The molecule has 0 amide bonds. The lowest BCUT2D eigenvalue weighted by Crippen LogP contribution is -2.14. The Balaban J connectivity index is 1.32. The first-order chi connectivity index (χ1) is 18.6. The van der Waals surface area contributed by atoms with Crippen LogP contribution < -0.4 is 0 Å². The standard InChI is InChI=1S/C37H27N/c1-37(2)33-13-7-5-11-29(33)30-19-16-27(23-34(30)37)26-17-20-36-32(22-26)31-12-6-8-14-35(31)38(36)28-18-15-24-9-3-4-10-25(24)21-28/h3-23H,1-2H3. The third-order valence-corrected chi connectivity index (χ3v) is 8.58. The second-order valence-corrected chi connectivity index (χ2v) is 11.0. The van der Waals surface area contributed by atoms with Gasteiger partial charge in [-0.1, -0.05) is 105 Å². The predicted molar refractivity (Wildman–Crippen MR) is 161 cm³/mol. The molecule has 1 aliphatic rings. The molecule has 6 aromatic carbocycles. The van der Waals surface area contributed by atoms with Crippen LogP contribution in [0.2, 0.25) is 0 Å². The minimum Gasteiger partial charge on any atom is -0.309 e. The first-order valence-corrected chi connectivity index (χ1v) is 13.4. The van der Waals surface area contributed by atoms with E-state index < -0.39 is 0 Å². The van der Waals surface area contributed by atoms with Crippen LogP contribution in [0.1, 0.15) is 25.0 Å². The van der Waals surface area contributed by atoms with Crippen LogP contribution >= 0.6 is 0 Å². The van der Waals surface area contributed by atoms with Crippen LogP contribution in [0.15, 0.2) is 127 Å². The fourth-order valence-corrected chi connectivity index (χ4v) is 6.63. The van der Waals surface area contributed by atoms with Crippen molar-refractivity contribution in [2.45, 2.75) is 19.3 Å². The van der Waals surface area contributed by atoms with Gasteiger partial charge >= 0.3 is 0 Å². The summed E-state index contributed by atoms with van der Waals surface area (Å²) < 4.78 is 2.41. The van der Waals surface area contributed by atoms with E-state index in [9.17, 15) is 0 Å². The molecule has 0 N–H and O–H groups in total. The summed E-state index contributed by atoms with van der Waals surface area (Å²) in [6.07, 6.45) is 0. The van der Waals surface area contributed by atoms with Crippen LogP contribution in [-0.4, -0.2) is 4.57 Å². The fraction of sp³-hybridized carbons (Fsp3) is 0.0811. The summed E-state index contributed by atoms with van der Waals surface area (Å²) in [5, 5.41) is 5.09. The highest BCUT2D eigenvalue weighted by Gasteiger charge is 2.35. The van der Waals surface area contributed by atoms with E-state index in [1.165, 1.54) is 71.6 Å². The number of hydrogen-bond donors (Lipinski definition) is 0. The van der Waals surface area contributed by atoms with Gasteiger partial charge in [0.15, 0.2) is 0 Å². The summed E-state index contributed by atoms with van der Waals surface area (Å²) in [6, 6.07) is 47.0. The van der Waals surface area contributed by atoms with Crippen molar-refractivity contribution in [3.63, 3.8) is 0 Å². The molecule has 0 unspecified atom stereocenters. The Morgan fingerprint density at radius 2 is 1.16 bits per heavy atom. The van der Waals surface area contributed by atoms with Crippen molar-refractivity contribution >= 4 is 32.6 Å². The van der Waals surface area contributed by atoms with Gasteiger partial charge in [-0.3, -0.25) is 0 Å². The number of hydrogen-bond acceptors (Lipinski definition) is 0. The van der Waals surface area contributed by atoms with Crippen LogP contribution in [0.5, 0.6) is 0 Å². The van der Waals surface area contributed by atoms with Crippen molar-refractivity contribution in [2.75, 3.05) is 0 Å². The van der Waals surface area contributed by atoms with E-state index in [0.717, 1.165) is 0 Å². The highest BCUT2D eigenvalue weighted by atomic mass is 15.0. The van der Waals surface area contributed by atoms with Gasteiger partial charge in [-0.25, -0.2) is 0 Å². The van der Waals surface area contributed by atoms with Crippen molar-refractivity contribution in [3.8, 4) is 27.9 Å². The second kappa shape index (κ2) is 7.69. The SMILES string of the molecule is CC1(C)c2ccccc2-c2ccc(-c3ccc4c(c3)c3ccccc3n4-c3ccc4ccccc4c3)cc21. The van der Waals surface area contributed by atoms with Crippen molar-refractivity contribution in [1.29, 1.82) is 0 Å². The highest BCUT2D eigenvalue weighted by molar-refractivity contribution is 6.10. The molecule has 1 heterocycles. The van der Waals surface area contributed by atoms with Gasteiger partial charge < -0.3 is 4.57 Å². The zero-order valence-electron chi connectivity index (χ0n) is 21.6. The maximum Gasteiger partial charge on any atom is 0.0541 e. The molecule has 1 aromatic heterocycles. The van der Waals surface area contributed by atoms with Gasteiger partial charge in [0.1, 0.15) is 0 Å². The minimum absolute atomic E-state index is 0.00184. The molecule has 1 aliphatic carbocycles. The average Bonchev–Trinajstić information content (AvgIpc) is 3.41. The molecular formula is C37H27N. The van der Waals surface area contributed by atoms with Gasteiger partial charge in [0.05, 0.1) is 11.0 Å². The van der Waals surface area contributed by atoms with Gasteiger partial charge in [0.25, 0.3) is 0 Å². The third-order valence-electron chi connectivity index (χ3n) is 8.58. The number of fused-ring (bicyclic) bond motifs is 7. The Kier molecular flexibility index (Phi) is 4.35. The van der Waals surface area contributed by atoms with Crippen molar-refractivity contribution in [3.05, 3.63) is 139 Å². The van der Waals surface area contributed by atoms with E-state index in [1.54, 1.807) is 0 Å². The number of aromatic nitrogens is 1. The first kappa shape index (κ1) is 21.5. The lowest BCUT2D eigenvalue weighted by atomic mass is 9.81.